The number of nitrogens with one attached hydrogen (secondary N) is 1. The van der Waals surface area contributed by atoms with Gasteiger partial charge in [0.2, 0.25) is 0 Å². The van der Waals surface area contributed by atoms with E-state index in [2.05, 4.69) is 27.0 Å². The smallest absolute Gasteiger partial charge is 0.407 e. The number of aromatic nitrogens is 4. The number of fused-ring (bicyclic) bond motifs is 2. The topological polar surface area (TPSA) is 104 Å². The lowest BCUT2D eigenvalue weighted by molar-refractivity contribution is 0.0145. The van der Waals surface area contributed by atoms with E-state index in [1.807, 2.05) is 34.8 Å². The van der Waals surface area contributed by atoms with Gasteiger partial charge in [0.15, 0.2) is 5.82 Å². The van der Waals surface area contributed by atoms with E-state index in [1.165, 1.54) is 12.8 Å². The molecule has 1 unspecified atom stereocenters. The van der Waals surface area contributed by atoms with Gasteiger partial charge < -0.3 is 28.8 Å². The lowest BCUT2D eigenvalue weighted by Crippen LogP contribution is -2.56. The van der Waals surface area contributed by atoms with E-state index in [4.69, 9.17) is 14.5 Å². The summed E-state index contributed by atoms with van der Waals surface area (Å²) in [7, 11) is 3.61. The van der Waals surface area contributed by atoms with Crippen molar-refractivity contribution in [1.82, 2.24) is 29.3 Å². The van der Waals surface area contributed by atoms with E-state index in [-0.39, 0.29) is 36.1 Å². The van der Waals surface area contributed by atoms with Gasteiger partial charge in [0, 0.05) is 43.2 Å². The number of amides is 2. The standard InChI is InChI=1S/C28H28N6O4/c1-32-23-18(30-26(32)19-9-15-4-3-7-29-25(15)33(19)12-14-5-6-14)8-16(10-20(23)37-2)27(35)34-13-17-11-21-24(34)22(17)31-28(36)38-21/h3-4,7-10,14,17,21-22,24H,5-6,11-13H2,1-2H3,(H,31,36)/t17-,21?,22-,24-/m1/s1. The largest absolute Gasteiger partial charge is 0.494 e. The number of hydrogen-bond donors (Lipinski definition) is 1. The molecule has 2 aliphatic carbocycles. The zero-order valence-corrected chi connectivity index (χ0v) is 21.3. The minimum atomic E-state index is -0.383. The molecule has 4 fully saturated rings. The van der Waals surface area contributed by atoms with E-state index < -0.39 is 0 Å². The van der Waals surface area contributed by atoms with Crippen LogP contribution in [0.1, 0.15) is 29.6 Å². The number of pyridine rings is 1. The van der Waals surface area contributed by atoms with Crippen LogP contribution in [-0.4, -0.2) is 67.8 Å². The fourth-order valence-corrected chi connectivity index (χ4v) is 6.90. The third-order valence-corrected chi connectivity index (χ3v) is 8.81. The fourth-order valence-electron chi connectivity index (χ4n) is 6.90. The normalized spacial score (nSPS) is 25.7. The van der Waals surface area contributed by atoms with Crippen LogP contribution in [0, 0.1) is 11.8 Å². The van der Waals surface area contributed by atoms with Gasteiger partial charge >= 0.3 is 6.09 Å². The number of carbonyl (C=O) groups is 2. The van der Waals surface area contributed by atoms with E-state index >= 15 is 0 Å². The highest BCUT2D eigenvalue weighted by molar-refractivity contribution is 6.00. The molecule has 4 bridgehead atoms. The molecule has 2 amide bonds. The Hall–Kier alpha value is -4.08. The SMILES string of the molecule is COc1cc(C(=O)N2C[C@H]3CC4OC(=O)N[C@H]3[C@@H]42)cc2nc(-c3cc4cccnc4n3CC3CC3)n(C)c12. The quantitative estimate of drug-likeness (QED) is 0.440. The van der Waals surface area contributed by atoms with Crippen molar-refractivity contribution in [2.24, 2.45) is 18.9 Å². The molecule has 4 aliphatic rings. The minimum absolute atomic E-state index is 0.0423. The summed E-state index contributed by atoms with van der Waals surface area (Å²) in [6.45, 7) is 1.52. The van der Waals surface area contributed by atoms with Gasteiger partial charge in [-0.15, -0.1) is 0 Å². The average molecular weight is 513 g/mol. The van der Waals surface area contributed by atoms with Crippen molar-refractivity contribution < 1.29 is 19.1 Å². The van der Waals surface area contributed by atoms with E-state index in [0.29, 0.717) is 29.3 Å². The predicted octanol–water partition coefficient (Wildman–Crippen LogP) is 3.33. The first kappa shape index (κ1) is 22.0. The van der Waals surface area contributed by atoms with Crippen LogP contribution in [0.3, 0.4) is 0 Å². The monoisotopic (exact) mass is 512 g/mol. The lowest BCUT2D eigenvalue weighted by atomic mass is 10.1. The summed E-state index contributed by atoms with van der Waals surface area (Å²) >= 11 is 0. The zero-order valence-electron chi connectivity index (χ0n) is 21.3. The maximum Gasteiger partial charge on any atom is 0.407 e. The molecular formula is C28H28N6O4. The number of imidazole rings is 1. The van der Waals surface area contributed by atoms with E-state index in [0.717, 1.165) is 41.0 Å². The molecule has 1 aromatic carbocycles. The molecule has 2 saturated carbocycles. The molecule has 0 radical (unpaired) electrons. The number of alkyl carbamates (subject to hydrolysis) is 1. The van der Waals surface area contributed by atoms with Gasteiger partial charge in [0.1, 0.15) is 23.0 Å². The number of carbonyl (C=O) groups excluding carboxylic acids is 2. The zero-order chi connectivity index (χ0) is 25.7. The summed E-state index contributed by atoms with van der Waals surface area (Å²) < 4.78 is 15.6. The number of hydrogen-bond acceptors (Lipinski definition) is 6. The second kappa shape index (κ2) is 7.72. The molecule has 4 atom stereocenters. The van der Waals surface area contributed by atoms with Crippen molar-refractivity contribution in [3.8, 4) is 17.3 Å². The maximum absolute atomic E-state index is 13.8. The molecule has 5 heterocycles. The first-order chi connectivity index (χ1) is 18.5. The van der Waals surface area contributed by atoms with Gasteiger partial charge in [-0.1, -0.05) is 0 Å². The highest BCUT2D eigenvalue weighted by Crippen LogP contribution is 2.43. The Balaban J connectivity index is 1.21. The van der Waals surface area contributed by atoms with Crippen LogP contribution in [0.4, 0.5) is 4.79 Å². The van der Waals surface area contributed by atoms with Crippen LogP contribution in [0.2, 0.25) is 0 Å². The predicted molar refractivity (Wildman–Crippen MR) is 139 cm³/mol. The van der Waals surface area contributed by atoms with Crippen LogP contribution in [0.15, 0.2) is 36.5 Å². The molecule has 0 spiro atoms. The summed E-state index contributed by atoms with van der Waals surface area (Å²) in [4.78, 5) is 37.2. The van der Waals surface area contributed by atoms with Crippen LogP contribution in [-0.2, 0) is 18.3 Å². The summed E-state index contributed by atoms with van der Waals surface area (Å²) in [5.74, 6) is 2.21. The van der Waals surface area contributed by atoms with Crippen molar-refractivity contribution in [2.75, 3.05) is 13.7 Å². The van der Waals surface area contributed by atoms with Gasteiger partial charge in [-0.05, 0) is 55.5 Å². The van der Waals surface area contributed by atoms with Crippen LogP contribution >= 0.6 is 0 Å². The van der Waals surface area contributed by atoms with E-state index in [9.17, 15) is 9.59 Å². The summed E-state index contributed by atoms with van der Waals surface area (Å²) in [6, 6.07) is 9.67. The number of nitrogens with zero attached hydrogens (tertiary/aromatic N) is 5. The summed E-state index contributed by atoms with van der Waals surface area (Å²) in [6.07, 6.45) is 4.48. The molecule has 4 aromatic rings. The van der Waals surface area contributed by atoms with Gasteiger partial charge in [0.05, 0.1) is 30.4 Å². The number of likely N-dealkylation sites (tertiary alicyclic amines) is 1. The molecule has 3 aromatic heterocycles. The first-order valence-electron chi connectivity index (χ1n) is 13.3. The van der Waals surface area contributed by atoms with Gasteiger partial charge in [-0.25, -0.2) is 14.8 Å². The lowest BCUT2D eigenvalue weighted by Gasteiger charge is -2.35. The van der Waals surface area contributed by atoms with Gasteiger partial charge in [-0.3, -0.25) is 4.79 Å². The Morgan fingerprint density at radius 3 is 2.92 bits per heavy atom. The molecule has 194 valence electrons. The molecule has 2 aliphatic heterocycles. The molecule has 10 heteroatoms. The number of rotatable bonds is 5. The Labute approximate surface area is 218 Å². The number of ether oxygens (including phenoxy) is 2. The Kier molecular flexibility index (Phi) is 4.46. The summed E-state index contributed by atoms with van der Waals surface area (Å²) in [5, 5.41) is 4.00. The van der Waals surface area contributed by atoms with Crippen molar-refractivity contribution in [2.45, 2.75) is 44.0 Å². The highest BCUT2D eigenvalue weighted by atomic mass is 16.6. The Morgan fingerprint density at radius 1 is 1.26 bits per heavy atom. The Morgan fingerprint density at radius 2 is 2.13 bits per heavy atom. The third-order valence-electron chi connectivity index (χ3n) is 8.81. The molecule has 10 nitrogen and oxygen atoms in total. The number of aryl methyl sites for hydroxylation is 1. The second-order valence-electron chi connectivity index (χ2n) is 11.1. The fraction of sp³-hybridized carbons (Fsp3) is 0.429. The number of methoxy groups -OCH3 is 1. The minimum Gasteiger partial charge on any atom is -0.494 e. The average Bonchev–Trinajstić information content (AvgIpc) is 3.38. The van der Waals surface area contributed by atoms with E-state index in [1.54, 1.807) is 13.2 Å². The molecule has 1 N–H and O–H groups in total. The highest BCUT2D eigenvalue weighted by Gasteiger charge is 2.59. The number of piperidine rings is 1. The second-order valence-corrected chi connectivity index (χ2v) is 11.1. The van der Waals surface area contributed by atoms with Crippen molar-refractivity contribution in [3.63, 3.8) is 0 Å². The number of benzene rings is 1. The molecule has 38 heavy (non-hydrogen) atoms. The third kappa shape index (κ3) is 3.06. The van der Waals surface area contributed by atoms with Gasteiger partial charge in [-0.2, -0.15) is 0 Å². The Bertz CT molecular complexity index is 1650. The van der Waals surface area contributed by atoms with Crippen molar-refractivity contribution in [1.29, 1.82) is 0 Å². The van der Waals surface area contributed by atoms with Crippen LogP contribution in [0.25, 0.3) is 33.6 Å². The molecular weight excluding hydrogens is 484 g/mol. The van der Waals surface area contributed by atoms with Crippen molar-refractivity contribution in [3.05, 3.63) is 42.1 Å². The first-order valence-corrected chi connectivity index (χ1v) is 13.3. The maximum atomic E-state index is 13.8. The van der Waals surface area contributed by atoms with Gasteiger partial charge in [0.25, 0.3) is 5.91 Å². The summed E-state index contributed by atoms with van der Waals surface area (Å²) in [5.41, 5.74) is 4.04. The van der Waals surface area contributed by atoms with Crippen molar-refractivity contribution >= 4 is 34.1 Å². The molecule has 2 saturated heterocycles. The molecule has 8 rings (SSSR count). The van der Waals surface area contributed by atoms with Crippen LogP contribution in [0.5, 0.6) is 5.75 Å². The van der Waals surface area contributed by atoms with Crippen LogP contribution < -0.4 is 10.1 Å².